The number of fused-ring (bicyclic) bond motifs is 1. The van der Waals surface area contributed by atoms with E-state index in [9.17, 15) is 18.7 Å². The van der Waals surface area contributed by atoms with Crippen LogP contribution in [0.5, 0.6) is 0 Å². The molecule has 0 bridgehead atoms. The predicted octanol–water partition coefficient (Wildman–Crippen LogP) is 3.64. The first kappa shape index (κ1) is 22.2. The first-order chi connectivity index (χ1) is 16.4. The van der Waals surface area contributed by atoms with E-state index < -0.39 is 17.7 Å². The van der Waals surface area contributed by atoms with E-state index in [0.29, 0.717) is 40.7 Å². The largest absolute Gasteiger partial charge is 0.391 e. The quantitative estimate of drug-likeness (QED) is 0.471. The zero-order chi connectivity index (χ0) is 23.8. The van der Waals surface area contributed by atoms with Crippen LogP contribution in [0.3, 0.4) is 0 Å². The maximum absolute atomic E-state index is 15.0. The van der Waals surface area contributed by atoms with E-state index in [1.807, 2.05) is 0 Å². The molecule has 3 heterocycles. The van der Waals surface area contributed by atoms with Gasteiger partial charge in [-0.3, -0.25) is 9.48 Å². The molecule has 1 fully saturated rings. The van der Waals surface area contributed by atoms with Gasteiger partial charge in [0.15, 0.2) is 0 Å². The van der Waals surface area contributed by atoms with Crippen LogP contribution in [0.1, 0.15) is 47.2 Å². The van der Waals surface area contributed by atoms with Crippen molar-refractivity contribution in [2.45, 2.75) is 44.2 Å². The minimum absolute atomic E-state index is 0.0363. The van der Waals surface area contributed by atoms with Gasteiger partial charge in [-0.2, -0.15) is 5.10 Å². The van der Waals surface area contributed by atoms with E-state index >= 15 is 0 Å². The second-order valence-electron chi connectivity index (χ2n) is 8.85. The standard InChI is InChI=1S/C25H25F2N5O2/c1-31-14-17(12-29-31)16-10-20(26)18(21(27)11-16)8-15-9-19(24-28-6-7-32(24)13-15)25(34)30-22-4-2-3-5-23(22)33/h6-7,9-14,22-23,33H,2-5,8H2,1H3,(H,30,34)/t22-,23-/m0/s1. The summed E-state index contributed by atoms with van der Waals surface area (Å²) in [6.07, 6.45) is 10.8. The van der Waals surface area contributed by atoms with E-state index in [0.717, 1.165) is 12.8 Å². The third-order valence-corrected chi connectivity index (χ3v) is 6.39. The molecule has 0 unspecified atom stereocenters. The number of amides is 1. The maximum Gasteiger partial charge on any atom is 0.255 e. The average Bonchev–Trinajstić information content (AvgIpc) is 3.46. The van der Waals surface area contributed by atoms with Gasteiger partial charge in [-0.25, -0.2) is 13.8 Å². The molecule has 0 aliphatic heterocycles. The number of rotatable bonds is 5. The van der Waals surface area contributed by atoms with Crippen molar-refractivity contribution in [2.75, 3.05) is 0 Å². The Morgan fingerprint density at radius 3 is 2.62 bits per heavy atom. The third-order valence-electron chi connectivity index (χ3n) is 6.39. The fraction of sp³-hybridized carbons (Fsp3) is 0.320. The average molecular weight is 466 g/mol. The summed E-state index contributed by atoms with van der Waals surface area (Å²) in [5.74, 6) is -1.70. The number of aliphatic hydroxyl groups excluding tert-OH is 1. The van der Waals surface area contributed by atoms with Crippen molar-refractivity contribution in [1.82, 2.24) is 24.5 Å². The number of carbonyl (C=O) groups excluding carboxylic acids is 1. The van der Waals surface area contributed by atoms with Gasteiger partial charge in [0, 0.05) is 49.4 Å². The van der Waals surface area contributed by atoms with Gasteiger partial charge >= 0.3 is 0 Å². The Kier molecular flexibility index (Phi) is 5.87. The molecule has 1 aromatic carbocycles. The topological polar surface area (TPSA) is 84.5 Å². The van der Waals surface area contributed by atoms with Crippen molar-refractivity contribution < 1.29 is 18.7 Å². The van der Waals surface area contributed by atoms with Gasteiger partial charge in [-0.15, -0.1) is 0 Å². The highest BCUT2D eigenvalue weighted by molar-refractivity contribution is 6.00. The highest BCUT2D eigenvalue weighted by atomic mass is 19.1. The van der Waals surface area contributed by atoms with Crippen molar-refractivity contribution in [3.05, 3.63) is 77.5 Å². The monoisotopic (exact) mass is 465 g/mol. The van der Waals surface area contributed by atoms with Crippen LogP contribution in [0.25, 0.3) is 16.8 Å². The Morgan fingerprint density at radius 2 is 1.91 bits per heavy atom. The highest BCUT2D eigenvalue weighted by Gasteiger charge is 2.26. The number of aliphatic hydroxyl groups is 1. The van der Waals surface area contributed by atoms with E-state index in [4.69, 9.17) is 0 Å². The van der Waals surface area contributed by atoms with Crippen LogP contribution in [0.4, 0.5) is 8.78 Å². The summed E-state index contributed by atoms with van der Waals surface area (Å²) in [7, 11) is 1.74. The fourth-order valence-corrected chi connectivity index (χ4v) is 4.59. The van der Waals surface area contributed by atoms with E-state index in [1.165, 1.54) is 12.1 Å². The summed E-state index contributed by atoms with van der Waals surface area (Å²) in [5, 5.41) is 17.2. The van der Waals surface area contributed by atoms with Crippen LogP contribution in [0.2, 0.25) is 0 Å². The van der Waals surface area contributed by atoms with Gasteiger partial charge in [0.05, 0.1) is 23.9 Å². The van der Waals surface area contributed by atoms with Gasteiger partial charge in [0.2, 0.25) is 0 Å². The molecule has 2 N–H and O–H groups in total. The second kappa shape index (κ2) is 8.98. The predicted molar refractivity (Wildman–Crippen MR) is 122 cm³/mol. The Labute approximate surface area is 195 Å². The highest BCUT2D eigenvalue weighted by Crippen LogP contribution is 2.27. The van der Waals surface area contributed by atoms with Crippen molar-refractivity contribution in [3.63, 3.8) is 0 Å². The lowest BCUT2D eigenvalue weighted by atomic mass is 9.92. The molecular formula is C25H25F2N5O2. The number of imidazole rings is 1. The SMILES string of the molecule is Cn1cc(-c2cc(F)c(Cc3cc(C(=O)N[C@H]4CCCC[C@@H]4O)c4nccn4c3)c(F)c2)cn1. The number of halogens is 2. The van der Waals surface area contributed by atoms with Crippen LogP contribution in [0.15, 0.2) is 49.2 Å². The summed E-state index contributed by atoms with van der Waals surface area (Å²) < 4.78 is 33.2. The van der Waals surface area contributed by atoms with Gasteiger partial charge in [-0.05, 0) is 42.2 Å². The fourth-order valence-electron chi connectivity index (χ4n) is 4.59. The summed E-state index contributed by atoms with van der Waals surface area (Å²) in [6.45, 7) is 0. The number of hydrogen-bond donors (Lipinski definition) is 2. The Morgan fingerprint density at radius 1 is 1.15 bits per heavy atom. The molecule has 34 heavy (non-hydrogen) atoms. The van der Waals surface area contributed by atoms with E-state index in [1.54, 1.807) is 53.2 Å². The van der Waals surface area contributed by atoms with Crippen molar-refractivity contribution in [1.29, 1.82) is 0 Å². The first-order valence-electron chi connectivity index (χ1n) is 11.3. The molecule has 4 aromatic rings. The molecule has 0 spiro atoms. The molecule has 2 atom stereocenters. The van der Waals surface area contributed by atoms with Crippen LogP contribution >= 0.6 is 0 Å². The third kappa shape index (κ3) is 4.31. The number of nitrogens with one attached hydrogen (secondary N) is 1. The van der Waals surface area contributed by atoms with Crippen molar-refractivity contribution in [2.24, 2.45) is 7.05 Å². The van der Waals surface area contributed by atoms with Crippen LogP contribution < -0.4 is 5.32 Å². The lowest BCUT2D eigenvalue weighted by Crippen LogP contribution is -2.45. The molecule has 5 rings (SSSR count). The molecule has 176 valence electrons. The van der Waals surface area contributed by atoms with E-state index in [-0.39, 0.29) is 23.9 Å². The van der Waals surface area contributed by atoms with E-state index in [2.05, 4.69) is 15.4 Å². The molecule has 1 saturated carbocycles. The maximum atomic E-state index is 15.0. The molecule has 1 aliphatic carbocycles. The molecule has 7 nitrogen and oxygen atoms in total. The zero-order valence-electron chi connectivity index (χ0n) is 18.7. The number of carbonyl (C=O) groups is 1. The summed E-state index contributed by atoms with van der Waals surface area (Å²) in [6, 6.07) is 3.88. The Bertz CT molecular complexity index is 1340. The van der Waals surface area contributed by atoms with Gasteiger partial charge in [-0.1, -0.05) is 12.8 Å². The Hall–Kier alpha value is -3.59. The first-order valence-corrected chi connectivity index (χ1v) is 11.3. The van der Waals surface area contributed by atoms with Crippen LogP contribution in [0, 0.1) is 11.6 Å². The molecular weight excluding hydrogens is 440 g/mol. The normalized spacial score (nSPS) is 18.4. The zero-order valence-corrected chi connectivity index (χ0v) is 18.7. The molecule has 3 aromatic heterocycles. The lowest BCUT2D eigenvalue weighted by Gasteiger charge is -2.28. The van der Waals surface area contributed by atoms with Gasteiger partial charge < -0.3 is 14.8 Å². The van der Waals surface area contributed by atoms with Gasteiger partial charge in [0.25, 0.3) is 5.91 Å². The van der Waals surface area contributed by atoms with Gasteiger partial charge in [0.1, 0.15) is 17.3 Å². The number of pyridine rings is 1. The smallest absolute Gasteiger partial charge is 0.255 e. The number of nitrogens with zero attached hydrogens (tertiary/aromatic N) is 4. The molecule has 9 heteroatoms. The van der Waals surface area contributed by atoms with Crippen molar-refractivity contribution in [3.8, 4) is 11.1 Å². The number of aromatic nitrogens is 4. The van der Waals surface area contributed by atoms with Crippen molar-refractivity contribution >= 4 is 11.6 Å². The summed E-state index contributed by atoms with van der Waals surface area (Å²) in [4.78, 5) is 17.3. The summed E-state index contributed by atoms with van der Waals surface area (Å²) >= 11 is 0. The Balaban J connectivity index is 1.45. The number of hydrogen-bond acceptors (Lipinski definition) is 4. The number of benzene rings is 1. The molecule has 1 amide bonds. The molecule has 0 radical (unpaired) electrons. The number of aryl methyl sites for hydroxylation is 1. The molecule has 0 saturated heterocycles. The van der Waals surface area contributed by atoms with Crippen LogP contribution in [-0.2, 0) is 13.5 Å². The van der Waals surface area contributed by atoms with Crippen LogP contribution in [-0.4, -0.2) is 42.3 Å². The minimum atomic E-state index is -0.666. The second-order valence-corrected chi connectivity index (χ2v) is 8.85. The lowest BCUT2D eigenvalue weighted by molar-refractivity contribution is 0.0718. The molecule has 1 aliphatic rings. The summed E-state index contributed by atoms with van der Waals surface area (Å²) in [5.41, 5.74) is 2.25. The minimum Gasteiger partial charge on any atom is -0.391 e.